The van der Waals surface area contributed by atoms with Crippen molar-refractivity contribution in [3.05, 3.63) is 0 Å². The first-order valence-corrected chi connectivity index (χ1v) is 6.02. The summed E-state index contributed by atoms with van der Waals surface area (Å²) in [6.07, 6.45) is 1.55. The fourth-order valence-corrected chi connectivity index (χ4v) is 1.60. The largest absolute Gasteiger partial charge is 0.480 e. The summed E-state index contributed by atoms with van der Waals surface area (Å²) in [5, 5.41) is 12.2. The number of carboxylic acid groups (broad SMARTS) is 1. The van der Waals surface area contributed by atoms with E-state index in [9.17, 15) is 4.79 Å². The molecule has 0 aromatic heterocycles. The number of aliphatic carboxylic acids is 1. The van der Waals surface area contributed by atoms with Crippen LogP contribution in [0.3, 0.4) is 0 Å². The van der Waals surface area contributed by atoms with Crippen LogP contribution in [-0.2, 0) is 4.79 Å². The van der Waals surface area contributed by atoms with Crippen molar-refractivity contribution in [1.82, 2.24) is 10.2 Å². The fraction of sp³-hybridized carbons (Fsp3) is 0.917. The van der Waals surface area contributed by atoms with Gasteiger partial charge >= 0.3 is 5.97 Å². The molecule has 0 aliphatic carbocycles. The number of hydrogen-bond donors (Lipinski definition) is 2. The van der Waals surface area contributed by atoms with Crippen molar-refractivity contribution < 1.29 is 9.90 Å². The minimum atomic E-state index is -0.785. The summed E-state index contributed by atoms with van der Waals surface area (Å²) in [4.78, 5) is 13.4. The van der Waals surface area contributed by atoms with Gasteiger partial charge in [-0.2, -0.15) is 0 Å². The zero-order valence-electron chi connectivity index (χ0n) is 11.2. The van der Waals surface area contributed by atoms with Gasteiger partial charge in [0.25, 0.3) is 0 Å². The van der Waals surface area contributed by atoms with E-state index in [1.807, 2.05) is 6.92 Å². The van der Waals surface area contributed by atoms with Crippen molar-refractivity contribution in [1.29, 1.82) is 0 Å². The third-order valence-corrected chi connectivity index (χ3v) is 3.11. The third-order valence-electron chi connectivity index (χ3n) is 3.11. The minimum Gasteiger partial charge on any atom is -0.480 e. The van der Waals surface area contributed by atoms with Crippen molar-refractivity contribution >= 4 is 5.97 Å². The van der Waals surface area contributed by atoms with E-state index in [2.05, 4.69) is 31.1 Å². The second-order valence-corrected chi connectivity index (χ2v) is 4.85. The normalized spacial score (nSPS) is 15.4. The molecular formula is C12H26N2O2. The lowest BCUT2D eigenvalue weighted by molar-refractivity contribution is -0.144. The predicted octanol–water partition coefficient (Wildman–Crippen LogP) is 1.56. The molecule has 1 atom stereocenters. The molecule has 96 valence electrons. The molecule has 0 radical (unpaired) electrons. The second kappa shape index (κ2) is 6.86. The van der Waals surface area contributed by atoms with Crippen LogP contribution in [0.15, 0.2) is 0 Å². The molecule has 4 nitrogen and oxygen atoms in total. The second-order valence-electron chi connectivity index (χ2n) is 4.85. The Kier molecular flexibility index (Phi) is 6.60. The summed E-state index contributed by atoms with van der Waals surface area (Å²) in [6, 6.07) is 0.509. The number of nitrogens with one attached hydrogen (secondary N) is 1. The van der Waals surface area contributed by atoms with Crippen molar-refractivity contribution in [2.45, 2.75) is 52.1 Å². The Balaban J connectivity index is 4.09. The highest BCUT2D eigenvalue weighted by Crippen LogP contribution is 2.13. The molecule has 0 heterocycles. The maximum absolute atomic E-state index is 11.1. The predicted molar refractivity (Wildman–Crippen MR) is 66.7 cm³/mol. The molecule has 0 aliphatic heterocycles. The number of likely N-dealkylation sites (N-methyl/N-ethyl adjacent to an activating group) is 1. The van der Waals surface area contributed by atoms with Crippen LogP contribution in [0.5, 0.6) is 0 Å². The molecule has 0 aliphatic rings. The van der Waals surface area contributed by atoms with E-state index in [1.54, 1.807) is 6.92 Å². The molecule has 0 aromatic rings. The number of rotatable bonds is 8. The average molecular weight is 230 g/mol. The van der Waals surface area contributed by atoms with E-state index in [4.69, 9.17) is 5.11 Å². The summed E-state index contributed by atoms with van der Waals surface area (Å²) in [6.45, 7) is 9.59. The first-order chi connectivity index (χ1) is 7.33. The van der Waals surface area contributed by atoms with Crippen LogP contribution < -0.4 is 5.32 Å². The molecule has 0 fully saturated rings. The van der Waals surface area contributed by atoms with Crippen molar-refractivity contribution in [3.63, 3.8) is 0 Å². The number of carbonyl (C=O) groups is 1. The van der Waals surface area contributed by atoms with E-state index < -0.39 is 11.5 Å². The van der Waals surface area contributed by atoms with E-state index in [0.29, 0.717) is 19.0 Å². The summed E-state index contributed by atoms with van der Waals surface area (Å²) >= 11 is 0. The van der Waals surface area contributed by atoms with Gasteiger partial charge in [-0.15, -0.1) is 0 Å². The van der Waals surface area contributed by atoms with Crippen LogP contribution >= 0.6 is 0 Å². The smallest absolute Gasteiger partial charge is 0.323 e. The van der Waals surface area contributed by atoms with Crippen LogP contribution in [0.25, 0.3) is 0 Å². The first kappa shape index (κ1) is 15.4. The van der Waals surface area contributed by atoms with E-state index in [0.717, 1.165) is 13.0 Å². The quantitative estimate of drug-likeness (QED) is 0.664. The maximum atomic E-state index is 11.1. The maximum Gasteiger partial charge on any atom is 0.323 e. The number of hydrogen-bond acceptors (Lipinski definition) is 3. The minimum absolute atomic E-state index is 0.509. The number of nitrogens with zero attached hydrogens (tertiary/aromatic N) is 1. The highest BCUT2D eigenvalue weighted by molar-refractivity contribution is 5.78. The van der Waals surface area contributed by atoms with E-state index >= 15 is 0 Å². The topological polar surface area (TPSA) is 52.6 Å². The van der Waals surface area contributed by atoms with Crippen LogP contribution in [0.2, 0.25) is 0 Å². The monoisotopic (exact) mass is 230 g/mol. The van der Waals surface area contributed by atoms with Gasteiger partial charge in [-0.3, -0.25) is 4.79 Å². The van der Waals surface area contributed by atoms with E-state index in [1.165, 1.54) is 0 Å². The van der Waals surface area contributed by atoms with E-state index in [-0.39, 0.29) is 0 Å². The molecule has 1 unspecified atom stereocenters. The Hall–Kier alpha value is -0.610. The standard InChI is InChI=1S/C12H26N2O2/c1-6-13-12(4,11(15)16)8-7-9-14(5)10(2)3/h10,13H,6-9H2,1-5H3,(H,15,16). The number of carboxylic acids is 1. The lowest BCUT2D eigenvalue weighted by Gasteiger charge is -2.27. The summed E-state index contributed by atoms with van der Waals surface area (Å²) in [5.41, 5.74) is -0.785. The molecule has 2 N–H and O–H groups in total. The Morgan fingerprint density at radius 2 is 2.06 bits per heavy atom. The van der Waals surface area contributed by atoms with Crippen molar-refractivity contribution in [3.8, 4) is 0 Å². The molecule has 16 heavy (non-hydrogen) atoms. The van der Waals surface area contributed by atoms with Crippen molar-refractivity contribution in [2.75, 3.05) is 20.1 Å². The molecule has 0 saturated carbocycles. The van der Waals surface area contributed by atoms with Crippen LogP contribution in [0.1, 0.15) is 40.5 Å². The Morgan fingerprint density at radius 1 is 1.50 bits per heavy atom. The zero-order chi connectivity index (χ0) is 12.8. The highest BCUT2D eigenvalue weighted by atomic mass is 16.4. The summed E-state index contributed by atoms with van der Waals surface area (Å²) in [7, 11) is 2.07. The molecular weight excluding hydrogens is 204 g/mol. The molecule has 0 amide bonds. The Bertz CT molecular complexity index is 219. The SMILES string of the molecule is CCNC(C)(CCCN(C)C(C)C)C(=O)O. The van der Waals surface area contributed by atoms with Gasteiger partial charge in [-0.25, -0.2) is 0 Å². The highest BCUT2D eigenvalue weighted by Gasteiger charge is 2.31. The van der Waals surface area contributed by atoms with Gasteiger partial charge in [0.05, 0.1) is 0 Å². The molecule has 0 bridgehead atoms. The van der Waals surface area contributed by atoms with Gasteiger partial charge in [0.1, 0.15) is 5.54 Å². The van der Waals surface area contributed by atoms with Gasteiger partial charge in [-0.05, 0) is 53.8 Å². The van der Waals surface area contributed by atoms with Crippen LogP contribution in [-0.4, -0.2) is 47.7 Å². The zero-order valence-corrected chi connectivity index (χ0v) is 11.2. The van der Waals surface area contributed by atoms with Gasteiger partial charge < -0.3 is 15.3 Å². The Morgan fingerprint density at radius 3 is 2.44 bits per heavy atom. The van der Waals surface area contributed by atoms with Crippen LogP contribution in [0, 0.1) is 0 Å². The van der Waals surface area contributed by atoms with Gasteiger partial charge in [0.15, 0.2) is 0 Å². The summed E-state index contributed by atoms with van der Waals surface area (Å²) < 4.78 is 0. The molecule has 0 rings (SSSR count). The molecule has 0 aromatic carbocycles. The van der Waals surface area contributed by atoms with Crippen LogP contribution in [0.4, 0.5) is 0 Å². The molecule has 0 spiro atoms. The summed E-state index contributed by atoms with van der Waals surface area (Å²) in [5.74, 6) is -0.762. The van der Waals surface area contributed by atoms with Crippen molar-refractivity contribution in [2.24, 2.45) is 0 Å². The first-order valence-electron chi connectivity index (χ1n) is 6.02. The van der Waals surface area contributed by atoms with Gasteiger partial charge in [0.2, 0.25) is 0 Å². The lowest BCUT2D eigenvalue weighted by atomic mass is 9.95. The van der Waals surface area contributed by atoms with Gasteiger partial charge in [-0.1, -0.05) is 6.92 Å². The fourth-order valence-electron chi connectivity index (χ4n) is 1.60. The molecule has 4 heteroatoms. The lowest BCUT2D eigenvalue weighted by Crippen LogP contribution is -2.49. The average Bonchev–Trinajstić information content (AvgIpc) is 2.17. The Labute approximate surface area is 99.0 Å². The van der Waals surface area contributed by atoms with Gasteiger partial charge in [0, 0.05) is 6.04 Å². The third kappa shape index (κ3) is 4.94. The molecule has 0 saturated heterocycles.